The summed E-state index contributed by atoms with van der Waals surface area (Å²) in [7, 11) is 0. The lowest BCUT2D eigenvalue weighted by Crippen LogP contribution is -1.61. The highest BCUT2D eigenvalue weighted by atomic mass is 79.9. The molecule has 0 aliphatic rings. The summed E-state index contributed by atoms with van der Waals surface area (Å²) in [6.07, 6.45) is 0. The first-order valence-electron chi connectivity index (χ1n) is 3.91. The lowest BCUT2D eigenvalue weighted by Gasteiger charge is -1.88. The van der Waals surface area contributed by atoms with Crippen LogP contribution in [0.1, 0.15) is 5.48 Å². The largest absolute Gasteiger partial charge is 0.508 e. The second kappa shape index (κ2) is 2.18. The number of phenols is 1. The van der Waals surface area contributed by atoms with Gasteiger partial charge in [-0.25, -0.2) is 0 Å². The third-order valence-electron chi connectivity index (χ3n) is 0.581. The smallest absolute Gasteiger partial charge is 0.116 e. The van der Waals surface area contributed by atoms with Crippen LogP contribution in [0.5, 0.6) is 5.75 Å². The van der Waals surface area contributed by atoms with Crippen molar-refractivity contribution in [3.63, 3.8) is 0 Å². The van der Waals surface area contributed by atoms with Crippen LogP contribution in [0.4, 0.5) is 0 Å². The number of phenolic OH excluding ortho intramolecular Hbond substituents is 1. The summed E-state index contributed by atoms with van der Waals surface area (Å²) in [5.41, 5.74) is 0. The van der Waals surface area contributed by atoms with Gasteiger partial charge in [0, 0.05) is 4.47 Å². The molecule has 0 radical (unpaired) electrons. The molecule has 0 saturated carbocycles. The fraction of sp³-hybridized carbons (Fsp3) is 0. The highest BCUT2D eigenvalue weighted by molar-refractivity contribution is 9.10. The maximum atomic E-state index is 9.08. The highest BCUT2D eigenvalue weighted by Gasteiger charge is 1.84. The van der Waals surface area contributed by atoms with E-state index in [9.17, 15) is 0 Å². The molecule has 0 saturated heterocycles. The van der Waals surface area contributed by atoms with Gasteiger partial charge in [-0.1, -0.05) is 22.0 Å². The van der Waals surface area contributed by atoms with Crippen LogP contribution in [0.3, 0.4) is 0 Å². The summed E-state index contributed by atoms with van der Waals surface area (Å²) >= 11 is 2.88. The Kier molecular flexibility index (Phi) is 0.653. The average Bonchev–Trinajstić information content (AvgIpc) is 2.08. The van der Waals surface area contributed by atoms with Crippen LogP contribution >= 0.6 is 15.9 Å². The maximum Gasteiger partial charge on any atom is 0.116 e. The molecule has 0 amide bonds. The second-order valence-corrected chi connectivity index (χ2v) is 1.96. The Morgan fingerprint density at radius 1 is 1.62 bits per heavy atom. The Balaban J connectivity index is 3.60. The van der Waals surface area contributed by atoms with Gasteiger partial charge in [-0.05, 0) is 18.1 Å². The van der Waals surface area contributed by atoms with Gasteiger partial charge in [0.15, 0.2) is 0 Å². The predicted molar refractivity (Wildman–Crippen MR) is 35.8 cm³/mol. The van der Waals surface area contributed by atoms with E-state index in [0.29, 0.717) is 0 Å². The van der Waals surface area contributed by atoms with E-state index >= 15 is 0 Å². The molecular formula is C6H5BrO. The van der Waals surface area contributed by atoms with Gasteiger partial charge in [0.25, 0.3) is 0 Å². The molecule has 1 nitrogen and oxygen atoms in total. The fourth-order valence-corrected chi connectivity index (χ4v) is 0.599. The molecule has 0 aromatic heterocycles. The highest BCUT2D eigenvalue weighted by Crippen LogP contribution is 2.15. The average molecular weight is 177 g/mol. The molecule has 8 heavy (non-hydrogen) atoms. The van der Waals surface area contributed by atoms with Crippen LogP contribution in [-0.2, 0) is 0 Å². The van der Waals surface area contributed by atoms with Crippen LogP contribution < -0.4 is 0 Å². The quantitative estimate of drug-likeness (QED) is 0.643. The maximum absolute atomic E-state index is 9.08. The van der Waals surface area contributed by atoms with Crippen molar-refractivity contribution in [3.05, 3.63) is 28.6 Å². The lowest BCUT2D eigenvalue weighted by atomic mass is 10.3. The first-order valence-corrected chi connectivity index (χ1v) is 2.71. The van der Waals surface area contributed by atoms with E-state index < -0.39 is 11.8 Å². The monoisotopic (exact) mass is 176 g/mol. The molecule has 1 aromatic rings. The zero-order chi connectivity index (χ0) is 9.46. The van der Waals surface area contributed by atoms with Crippen LogP contribution in [0.2, 0.25) is 0 Å². The molecule has 2 heteroatoms. The molecule has 0 fully saturated rings. The van der Waals surface area contributed by atoms with Gasteiger partial charge in [-0.3, -0.25) is 0 Å². The molecule has 0 unspecified atom stereocenters. The van der Waals surface area contributed by atoms with Crippen molar-refractivity contribution in [2.45, 2.75) is 0 Å². The molecule has 0 spiro atoms. The molecule has 0 aliphatic carbocycles. The number of hydrogen-bond acceptors (Lipinski definition) is 1. The normalized spacial score (nSPS) is 16.1. The zero-order valence-corrected chi connectivity index (χ0v) is 5.41. The molecule has 0 atom stereocenters. The van der Waals surface area contributed by atoms with Crippen molar-refractivity contribution < 1.29 is 10.6 Å². The van der Waals surface area contributed by atoms with Gasteiger partial charge >= 0.3 is 0 Å². The van der Waals surface area contributed by atoms with Gasteiger partial charge in [-0.2, -0.15) is 0 Å². The number of hydrogen-bond donors (Lipinski definition) is 1. The van der Waals surface area contributed by atoms with Crippen LogP contribution in [0.25, 0.3) is 0 Å². The summed E-state index contributed by atoms with van der Waals surface area (Å²) < 4.78 is 28.8. The molecule has 0 aliphatic heterocycles. The van der Waals surface area contributed by atoms with Crippen LogP contribution in [-0.4, -0.2) is 5.11 Å². The minimum atomic E-state index is -0.567. The number of aromatic hydroxyl groups is 1. The van der Waals surface area contributed by atoms with Crippen molar-refractivity contribution in [3.8, 4) is 5.75 Å². The molecule has 0 bridgehead atoms. The van der Waals surface area contributed by atoms with Gasteiger partial charge in [0.2, 0.25) is 0 Å². The summed E-state index contributed by atoms with van der Waals surface area (Å²) in [5, 5.41) is 9.08. The minimum Gasteiger partial charge on any atom is -0.508 e. The lowest BCUT2D eigenvalue weighted by molar-refractivity contribution is 0.475. The minimum absolute atomic E-state index is 0.0426. The Bertz CT molecular complexity index is 234. The molecular weight excluding hydrogens is 168 g/mol. The number of rotatable bonds is 0. The fourth-order valence-electron chi connectivity index (χ4n) is 0.312. The van der Waals surface area contributed by atoms with E-state index in [4.69, 9.17) is 10.6 Å². The van der Waals surface area contributed by atoms with E-state index in [1.165, 1.54) is 0 Å². The third kappa shape index (κ3) is 1.23. The Morgan fingerprint density at radius 2 is 2.38 bits per heavy atom. The van der Waals surface area contributed by atoms with E-state index in [1.807, 2.05) is 0 Å². The standard InChI is InChI=1S/C6H5BrO/c7-5-2-1-3-6(8)4-5/h1-4,8H/i1D,2D,3D,4D. The van der Waals surface area contributed by atoms with Crippen LogP contribution in [0, 0.1) is 0 Å². The number of halogens is 1. The third-order valence-corrected chi connectivity index (χ3v) is 0.978. The Hall–Kier alpha value is -0.500. The van der Waals surface area contributed by atoms with Crippen LogP contribution in [0.15, 0.2) is 28.6 Å². The summed E-state index contributed by atoms with van der Waals surface area (Å²) in [4.78, 5) is 0. The molecule has 42 valence electrons. The molecule has 1 aromatic carbocycles. The van der Waals surface area contributed by atoms with E-state index in [-0.39, 0.29) is 22.6 Å². The second-order valence-electron chi connectivity index (χ2n) is 1.16. The van der Waals surface area contributed by atoms with Gasteiger partial charge in [-0.15, -0.1) is 0 Å². The Morgan fingerprint density at radius 3 is 3.12 bits per heavy atom. The first-order chi connectivity index (χ1) is 5.46. The molecule has 1 N–H and O–H groups in total. The van der Waals surface area contributed by atoms with Crippen molar-refractivity contribution >= 4 is 15.9 Å². The van der Waals surface area contributed by atoms with Gasteiger partial charge in [0.1, 0.15) is 5.75 Å². The predicted octanol–water partition coefficient (Wildman–Crippen LogP) is 2.15. The van der Waals surface area contributed by atoms with Gasteiger partial charge < -0.3 is 5.11 Å². The van der Waals surface area contributed by atoms with E-state index in [2.05, 4.69) is 15.9 Å². The SMILES string of the molecule is [2H]c1c([2H])c(O)c([2H])c(Br)c1[2H]. The summed E-state index contributed by atoms with van der Waals surface area (Å²) in [6.45, 7) is 0. The molecule has 0 heterocycles. The van der Waals surface area contributed by atoms with Crippen molar-refractivity contribution in [1.29, 1.82) is 0 Å². The zero-order valence-electron chi connectivity index (χ0n) is 7.83. The van der Waals surface area contributed by atoms with Gasteiger partial charge in [0.05, 0.1) is 5.48 Å². The summed E-state index contributed by atoms with van der Waals surface area (Å²) in [5.74, 6) is -0.567. The Labute approximate surface area is 61.7 Å². The summed E-state index contributed by atoms with van der Waals surface area (Å²) in [6, 6.07) is -1.42. The van der Waals surface area contributed by atoms with E-state index in [1.54, 1.807) is 0 Å². The topological polar surface area (TPSA) is 20.2 Å². The first kappa shape index (κ1) is 2.40. The number of benzene rings is 1. The van der Waals surface area contributed by atoms with Crippen molar-refractivity contribution in [1.82, 2.24) is 0 Å². The van der Waals surface area contributed by atoms with Crippen molar-refractivity contribution in [2.75, 3.05) is 0 Å². The molecule has 1 rings (SSSR count). The van der Waals surface area contributed by atoms with E-state index in [0.717, 1.165) is 0 Å². The van der Waals surface area contributed by atoms with Crippen molar-refractivity contribution in [2.24, 2.45) is 0 Å².